The molecule has 1 unspecified atom stereocenters. The topological polar surface area (TPSA) is 63.3 Å². The molecule has 0 aromatic heterocycles. The van der Waals surface area contributed by atoms with Crippen molar-refractivity contribution in [1.29, 1.82) is 0 Å². The summed E-state index contributed by atoms with van der Waals surface area (Å²) in [5.74, 6) is -0.841. The number of hydrogen-bond donors (Lipinski definition) is 2. The molecule has 0 saturated heterocycles. The lowest BCUT2D eigenvalue weighted by atomic mass is 9.34. The van der Waals surface area contributed by atoms with E-state index >= 15 is 0 Å². The van der Waals surface area contributed by atoms with E-state index in [0.29, 0.717) is 5.41 Å². The molecule has 2 bridgehead atoms. The summed E-state index contributed by atoms with van der Waals surface area (Å²) in [6, 6.07) is -0.621. The largest absolute Gasteiger partial charge is 0.480 e. The highest BCUT2D eigenvalue weighted by molar-refractivity contribution is 5.85. The molecule has 0 aliphatic heterocycles. The zero-order chi connectivity index (χ0) is 8.28. The fourth-order valence-corrected chi connectivity index (χ4v) is 2.99. The van der Waals surface area contributed by atoms with Crippen molar-refractivity contribution in [3.05, 3.63) is 0 Å². The van der Waals surface area contributed by atoms with Gasteiger partial charge in [-0.05, 0) is 30.1 Å². The van der Waals surface area contributed by atoms with E-state index in [0.717, 1.165) is 19.3 Å². The van der Waals surface area contributed by atoms with Crippen molar-refractivity contribution in [2.75, 3.05) is 0 Å². The van der Waals surface area contributed by atoms with Crippen LogP contribution in [0.25, 0.3) is 0 Å². The maximum Gasteiger partial charge on any atom is 0.321 e. The number of rotatable bonds is 2. The van der Waals surface area contributed by atoms with Gasteiger partial charge in [0.15, 0.2) is 0 Å². The summed E-state index contributed by atoms with van der Waals surface area (Å²) in [7, 11) is 0. The van der Waals surface area contributed by atoms with E-state index in [1.165, 1.54) is 0 Å². The summed E-state index contributed by atoms with van der Waals surface area (Å²) in [4.78, 5) is 10.5. The van der Waals surface area contributed by atoms with Crippen molar-refractivity contribution < 1.29 is 9.90 Å². The van der Waals surface area contributed by atoms with Crippen LogP contribution >= 0.6 is 12.4 Å². The summed E-state index contributed by atoms with van der Waals surface area (Å²) >= 11 is 0. The Bertz CT molecular complexity index is 209. The standard InChI is InChI=1S/C8H13NO2.ClH/c1-7-2-8(3-7,4-7)5(9)6(10)11;/h5H,2-4,9H2,1H3,(H,10,11);1H. The smallest absolute Gasteiger partial charge is 0.321 e. The number of carboxylic acid groups (broad SMARTS) is 1. The summed E-state index contributed by atoms with van der Waals surface area (Å²) in [6.45, 7) is 2.20. The van der Waals surface area contributed by atoms with Gasteiger partial charge in [0.05, 0.1) is 0 Å². The quantitative estimate of drug-likeness (QED) is 0.685. The lowest BCUT2D eigenvalue weighted by Gasteiger charge is -2.71. The Morgan fingerprint density at radius 3 is 2.17 bits per heavy atom. The zero-order valence-corrected chi connectivity index (χ0v) is 7.86. The van der Waals surface area contributed by atoms with Gasteiger partial charge in [-0.3, -0.25) is 4.79 Å². The van der Waals surface area contributed by atoms with Crippen molar-refractivity contribution in [2.24, 2.45) is 16.6 Å². The fraction of sp³-hybridized carbons (Fsp3) is 0.875. The van der Waals surface area contributed by atoms with E-state index in [9.17, 15) is 4.79 Å². The minimum atomic E-state index is -0.841. The maximum absolute atomic E-state index is 10.5. The van der Waals surface area contributed by atoms with Crippen LogP contribution in [0.4, 0.5) is 0 Å². The SMILES string of the molecule is CC12CC(C(N)C(=O)O)(C1)C2.Cl. The Morgan fingerprint density at radius 2 is 1.92 bits per heavy atom. The van der Waals surface area contributed by atoms with Crippen molar-refractivity contribution in [2.45, 2.75) is 32.2 Å². The fourth-order valence-electron chi connectivity index (χ4n) is 2.99. The third-order valence-electron chi connectivity index (χ3n) is 3.26. The van der Waals surface area contributed by atoms with Gasteiger partial charge in [0.25, 0.3) is 0 Å². The average Bonchev–Trinajstić information content (AvgIpc) is 1.77. The van der Waals surface area contributed by atoms with Crippen LogP contribution in [0.3, 0.4) is 0 Å². The van der Waals surface area contributed by atoms with Crippen molar-refractivity contribution in [3.8, 4) is 0 Å². The molecule has 0 radical (unpaired) electrons. The molecule has 70 valence electrons. The third-order valence-corrected chi connectivity index (χ3v) is 3.26. The van der Waals surface area contributed by atoms with Crippen molar-refractivity contribution in [3.63, 3.8) is 0 Å². The lowest BCUT2D eigenvalue weighted by molar-refractivity contribution is -0.210. The van der Waals surface area contributed by atoms with E-state index in [4.69, 9.17) is 10.8 Å². The third kappa shape index (κ3) is 0.962. The number of carboxylic acids is 1. The molecule has 0 spiro atoms. The van der Waals surface area contributed by atoms with E-state index < -0.39 is 12.0 Å². The maximum atomic E-state index is 10.5. The van der Waals surface area contributed by atoms with Crippen LogP contribution in [-0.2, 0) is 4.79 Å². The van der Waals surface area contributed by atoms with Crippen LogP contribution in [0.2, 0.25) is 0 Å². The summed E-state index contributed by atoms with van der Waals surface area (Å²) in [5.41, 5.74) is 5.99. The van der Waals surface area contributed by atoms with Gasteiger partial charge in [-0.2, -0.15) is 0 Å². The highest BCUT2D eigenvalue weighted by Crippen LogP contribution is 2.74. The van der Waals surface area contributed by atoms with Crippen LogP contribution in [0.15, 0.2) is 0 Å². The molecule has 3 fully saturated rings. The summed E-state index contributed by atoms with van der Waals surface area (Å²) in [5, 5.41) is 8.67. The molecule has 4 heteroatoms. The highest BCUT2D eigenvalue weighted by Gasteiger charge is 2.68. The molecule has 3 rings (SSSR count). The van der Waals surface area contributed by atoms with E-state index in [2.05, 4.69) is 6.92 Å². The van der Waals surface area contributed by atoms with Gasteiger partial charge in [-0.15, -0.1) is 12.4 Å². The van der Waals surface area contributed by atoms with E-state index in [1.807, 2.05) is 0 Å². The van der Waals surface area contributed by atoms with Crippen LogP contribution < -0.4 is 5.73 Å². The first-order valence-electron chi connectivity index (χ1n) is 3.96. The molecule has 0 heterocycles. The molecule has 12 heavy (non-hydrogen) atoms. The zero-order valence-electron chi connectivity index (χ0n) is 7.04. The van der Waals surface area contributed by atoms with Gasteiger partial charge in [-0.1, -0.05) is 6.92 Å². The number of halogens is 1. The Labute approximate surface area is 77.7 Å². The highest BCUT2D eigenvalue weighted by atomic mass is 35.5. The Balaban J connectivity index is 0.000000720. The molecule has 3 nitrogen and oxygen atoms in total. The van der Waals surface area contributed by atoms with Crippen molar-refractivity contribution in [1.82, 2.24) is 0 Å². The van der Waals surface area contributed by atoms with Gasteiger partial charge in [-0.25, -0.2) is 0 Å². The minimum Gasteiger partial charge on any atom is -0.480 e. The second kappa shape index (κ2) is 2.36. The first-order valence-corrected chi connectivity index (χ1v) is 3.96. The molecule has 3 aliphatic carbocycles. The molecule has 1 atom stereocenters. The molecule has 3 aliphatic rings. The number of aliphatic carboxylic acids is 1. The van der Waals surface area contributed by atoms with Gasteiger partial charge >= 0.3 is 5.97 Å². The number of carbonyl (C=O) groups is 1. The Hall–Kier alpha value is -0.280. The monoisotopic (exact) mass is 191 g/mol. The molecule has 3 saturated carbocycles. The summed E-state index contributed by atoms with van der Waals surface area (Å²) in [6.07, 6.45) is 3.06. The van der Waals surface area contributed by atoms with Gasteiger partial charge in [0.2, 0.25) is 0 Å². The van der Waals surface area contributed by atoms with E-state index in [1.54, 1.807) is 0 Å². The van der Waals surface area contributed by atoms with Crippen LogP contribution in [0, 0.1) is 10.8 Å². The van der Waals surface area contributed by atoms with Gasteiger partial charge in [0, 0.05) is 0 Å². The predicted octanol–water partition coefficient (Wildman–Crippen LogP) is 1.01. The van der Waals surface area contributed by atoms with Crippen LogP contribution in [0.5, 0.6) is 0 Å². The van der Waals surface area contributed by atoms with Crippen LogP contribution in [-0.4, -0.2) is 17.1 Å². The van der Waals surface area contributed by atoms with Crippen LogP contribution in [0.1, 0.15) is 26.2 Å². The molecule has 0 aromatic carbocycles. The van der Waals surface area contributed by atoms with Gasteiger partial charge in [0.1, 0.15) is 6.04 Å². The predicted molar refractivity (Wildman–Crippen MR) is 47.3 cm³/mol. The first kappa shape index (κ1) is 9.81. The van der Waals surface area contributed by atoms with E-state index in [-0.39, 0.29) is 17.8 Å². The molecule has 0 amide bonds. The lowest BCUT2D eigenvalue weighted by Crippen LogP contribution is -2.69. The Morgan fingerprint density at radius 1 is 1.50 bits per heavy atom. The van der Waals surface area contributed by atoms with Crippen molar-refractivity contribution >= 4 is 18.4 Å². The minimum absolute atomic E-state index is 0. The molecular formula is C8H14ClNO2. The van der Waals surface area contributed by atoms with Gasteiger partial charge < -0.3 is 10.8 Å². The summed E-state index contributed by atoms with van der Waals surface area (Å²) < 4.78 is 0. The average molecular weight is 192 g/mol. The first-order chi connectivity index (χ1) is 4.98. The normalized spacial score (nSPS) is 44.8. The number of nitrogens with two attached hydrogens (primary N) is 1. The molecule has 0 aromatic rings. The second-order valence-corrected chi connectivity index (χ2v) is 4.52. The molecular weight excluding hydrogens is 178 g/mol. The molecule has 3 N–H and O–H groups in total. The second-order valence-electron chi connectivity index (χ2n) is 4.52. The number of hydrogen-bond acceptors (Lipinski definition) is 2. The Kier molecular flexibility index (Phi) is 1.93.